The number of nitrogens with one attached hydrogen (secondary N) is 3. The van der Waals surface area contributed by atoms with E-state index in [9.17, 15) is 9.59 Å². The van der Waals surface area contributed by atoms with Crippen molar-refractivity contribution in [2.75, 3.05) is 39.9 Å². The Morgan fingerprint density at radius 3 is 2.56 bits per heavy atom. The van der Waals surface area contributed by atoms with Crippen molar-refractivity contribution < 1.29 is 14.3 Å². The Balaban J connectivity index is 3.36. The third kappa shape index (κ3) is 10.9. The van der Waals surface area contributed by atoms with Gasteiger partial charge in [0.05, 0.1) is 25.6 Å². The molecule has 2 amide bonds. The van der Waals surface area contributed by atoms with Crippen molar-refractivity contribution >= 4 is 11.8 Å². The number of methoxy groups -OCH3 is 1. The standard InChI is InChI=1S/C11H20N4O3/c1-18-8-7-15-10(16)3-6-13-9-11(17)14-5-2-4-12/h13H,2-3,5-9H2,1H3,(H,14,17)(H,15,16). The van der Waals surface area contributed by atoms with Crippen LogP contribution in [0.2, 0.25) is 0 Å². The molecule has 0 saturated heterocycles. The highest BCUT2D eigenvalue weighted by molar-refractivity contribution is 5.78. The zero-order chi connectivity index (χ0) is 13.6. The molecule has 0 aromatic heterocycles. The van der Waals surface area contributed by atoms with Gasteiger partial charge in [0.2, 0.25) is 11.8 Å². The first-order valence-corrected chi connectivity index (χ1v) is 5.80. The van der Waals surface area contributed by atoms with Crippen LogP contribution in [0.5, 0.6) is 0 Å². The molecule has 0 spiro atoms. The van der Waals surface area contributed by atoms with Crippen molar-refractivity contribution in [1.82, 2.24) is 16.0 Å². The molecule has 3 N–H and O–H groups in total. The Bertz CT molecular complexity index is 289. The molecule has 7 nitrogen and oxygen atoms in total. The number of rotatable bonds is 10. The monoisotopic (exact) mass is 256 g/mol. The van der Waals surface area contributed by atoms with Gasteiger partial charge in [0.15, 0.2) is 0 Å². The number of hydrogen-bond acceptors (Lipinski definition) is 5. The predicted octanol–water partition coefficient (Wildman–Crippen LogP) is -1.24. The Kier molecular flexibility index (Phi) is 10.7. The van der Waals surface area contributed by atoms with Crippen LogP contribution in [-0.4, -0.2) is 51.7 Å². The van der Waals surface area contributed by atoms with Crippen molar-refractivity contribution in [3.63, 3.8) is 0 Å². The molecule has 0 radical (unpaired) electrons. The van der Waals surface area contributed by atoms with Gasteiger partial charge in [-0.3, -0.25) is 9.59 Å². The highest BCUT2D eigenvalue weighted by Gasteiger charge is 2.02. The molecule has 0 atom stereocenters. The molecule has 0 rings (SSSR count). The first kappa shape index (κ1) is 16.4. The van der Waals surface area contributed by atoms with E-state index in [1.54, 1.807) is 7.11 Å². The van der Waals surface area contributed by atoms with Gasteiger partial charge in [-0.05, 0) is 0 Å². The van der Waals surface area contributed by atoms with Crippen molar-refractivity contribution in [3.8, 4) is 6.07 Å². The molecule has 102 valence electrons. The molecule has 0 heterocycles. The molecule has 0 aliphatic carbocycles. The topological polar surface area (TPSA) is 103 Å². The highest BCUT2D eigenvalue weighted by atomic mass is 16.5. The fraction of sp³-hybridized carbons (Fsp3) is 0.727. The lowest BCUT2D eigenvalue weighted by Crippen LogP contribution is -2.36. The minimum atomic E-state index is -0.176. The average molecular weight is 256 g/mol. The first-order valence-electron chi connectivity index (χ1n) is 5.80. The quantitative estimate of drug-likeness (QED) is 0.424. The number of carbonyl (C=O) groups is 2. The predicted molar refractivity (Wildman–Crippen MR) is 65.6 cm³/mol. The summed E-state index contributed by atoms with van der Waals surface area (Å²) in [5.74, 6) is -0.255. The molecule has 0 fully saturated rings. The third-order valence-electron chi connectivity index (χ3n) is 2.00. The maximum Gasteiger partial charge on any atom is 0.233 e. The van der Waals surface area contributed by atoms with Gasteiger partial charge in [-0.1, -0.05) is 0 Å². The molecular weight excluding hydrogens is 236 g/mol. The Labute approximate surface area is 107 Å². The van der Waals surface area contributed by atoms with Crippen LogP contribution in [0.4, 0.5) is 0 Å². The number of carbonyl (C=O) groups excluding carboxylic acids is 2. The minimum Gasteiger partial charge on any atom is -0.383 e. The van der Waals surface area contributed by atoms with Crippen LogP contribution >= 0.6 is 0 Å². The van der Waals surface area contributed by atoms with E-state index in [4.69, 9.17) is 10.00 Å². The largest absolute Gasteiger partial charge is 0.383 e. The van der Waals surface area contributed by atoms with Gasteiger partial charge in [0, 0.05) is 33.2 Å². The molecule has 0 unspecified atom stereocenters. The maximum absolute atomic E-state index is 11.2. The van der Waals surface area contributed by atoms with Crippen molar-refractivity contribution in [3.05, 3.63) is 0 Å². The van der Waals surface area contributed by atoms with Crippen LogP contribution in [0.25, 0.3) is 0 Å². The van der Waals surface area contributed by atoms with Crippen LogP contribution in [-0.2, 0) is 14.3 Å². The molecule has 18 heavy (non-hydrogen) atoms. The second-order valence-electron chi connectivity index (χ2n) is 3.53. The van der Waals surface area contributed by atoms with E-state index >= 15 is 0 Å². The molecule has 0 aromatic carbocycles. The summed E-state index contributed by atoms with van der Waals surface area (Å²) in [6, 6.07) is 1.93. The van der Waals surface area contributed by atoms with E-state index in [2.05, 4.69) is 16.0 Å². The summed E-state index contributed by atoms with van der Waals surface area (Å²) in [5, 5.41) is 16.4. The third-order valence-corrected chi connectivity index (χ3v) is 2.00. The maximum atomic E-state index is 11.2. The number of amides is 2. The molecule has 7 heteroatoms. The van der Waals surface area contributed by atoms with Crippen molar-refractivity contribution in [2.24, 2.45) is 0 Å². The average Bonchev–Trinajstić information content (AvgIpc) is 2.35. The van der Waals surface area contributed by atoms with Gasteiger partial charge in [-0.25, -0.2) is 0 Å². The Hall–Kier alpha value is -1.65. The zero-order valence-corrected chi connectivity index (χ0v) is 10.6. The molecule has 0 aliphatic rings. The normalized spacial score (nSPS) is 9.56. The Morgan fingerprint density at radius 1 is 1.17 bits per heavy atom. The fourth-order valence-corrected chi connectivity index (χ4v) is 1.11. The van der Waals surface area contributed by atoms with Gasteiger partial charge >= 0.3 is 0 Å². The van der Waals surface area contributed by atoms with Gasteiger partial charge < -0.3 is 20.7 Å². The van der Waals surface area contributed by atoms with E-state index in [1.807, 2.05) is 6.07 Å². The van der Waals surface area contributed by atoms with Crippen LogP contribution in [0, 0.1) is 11.3 Å². The van der Waals surface area contributed by atoms with E-state index in [0.29, 0.717) is 39.1 Å². The van der Waals surface area contributed by atoms with Crippen molar-refractivity contribution in [2.45, 2.75) is 12.8 Å². The molecule has 0 saturated carbocycles. The highest BCUT2D eigenvalue weighted by Crippen LogP contribution is 1.78. The number of hydrogen-bond donors (Lipinski definition) is 3. The summed E-state index contributed by atoms with van der Waals surface area (Å²) in [4.78, 5) is 22.4. The summed E-state index contributed by atoms with van der Waals surface area (Å²) in [6.45, 7) is 1.92. The summed E-state index contributed by atoms with van der Waals surface area (Å²) < 4.78 is 4.79. The molecule has 0 aliphatic heterocycles. The molecular formula is C11H20N4O3. The van der Waals surface area contributed by atoms with E-state index < -0.39 is 0 Å². The van der Waals surface area contributed by atoms with E-state index in [0.717, 1.165) is 0 Å². The molecule has 0 aromatic rings. The van der Waals surface area contributed by atoms with Gasteiger partial charge in [-0.15, -0.1) is 0 Å². The van der Waals surface area contributed by atoms with Crippen LogP contribution in [0.1, 0.15) is 12.8 Å². The van der Waals surface area contributed by atoms with Crippen LogP contribution in [0.3, 0.4) is 0 Å². The van der Waals surface area contributed by atoms with Crippen molar-refractivity contribution in [1.29, 1.82) is 5.26 Å². The fourth-order valence-electron chi connectivity index (χ4n) is 1.11. The SMILES string of the molecule is COCCNC(=O)CCNCC(=O)NCCC#N. The summed E-state index contributed by atoms with van der Waals surface area (Å²) in [5.41, 5.74) is 0. The van der Waals surface area contributed by atoms with Gasteiger partial charge in [0.25, 0.3) is 0 Å². The van der Waals surface area contributed by atoms with Crippen LogP contribution in [0.15, 0.2) is 0 Å². The zero-order valence-electron chi connectivity index (χ0n) is 10.6. The summed E-state index contributed by atoms with van der Waals surface area (Å²) >= 11 is 0. The Morgan fingerprint density at radius 2 is 1.89 bits per heavy atom. The lowest BCUT2D eigenvalue weighted by Gasteiger charge is -2.06. The lowest BCUT2D eigenvalue weighted by molar-refractivity contribution is -0.122. The van der Waals surface area contributed by atoms with Crippen LogP contribution < -0.4 is 16.0 Å². The van der Waals surface area contributed by atoms with E-state index in [1.165, 1.54) is 0 Å². The van der Waals surface area contributed by atoms with E-state index in [-0.39, 0.29) is 18.4 Å². The summed E-state index contributed by atoms with van der Waals surface area (Å²) in [6.07, 6.45) is 0.614. The first-order chi connectivity index (χ1) is 8.70. The number of nitriles is 1. The summed E-state index contributed by atoms with van der Waals surface area (Å²) in [7, 11) is 1.57. The second-order valence-corrected chi connectivity index (χ2v) is 3.53. The minimum absolute atomic E-state index is 0.0792. The van der Waals surface area contributed by atoms with Gasteiger partial charge in [-0.2, -0.15) is 5.26 Å². The number of ether oxygens (including phenoxy) is 1. The smallest absolute Gasteiger partial charge is 0.233 e. The number of nitrogens with zero attached hydrogens (tertiary/aromatic N) is 1. The van der Waals surface area contributed by atoms with Gasteiger partial charge in [0.1, 0.15) is 0 Å². The lowest BCUT2D eigenvalue weighted by atomic mass is 10.4. The molecule has 0 bridgehead atoms. The second kappa shape index (κ2) is 11.8.